The van der Waals surface area contributed by atoms with E-state index in [-0.39, 0.29) is 6.10 Å². The highest BCUT2D eigenvalue weighted by molar-refractivity contribution is 9.09. The third-order valence-corrected chi connectivity index (χ3v) is 5.24. The van der Waals surface area contributed by atoms with Crippen molar-refractivity contribution in [2.24, 2.45) is 5.41 Å². The van der Waals surface area contributed by atoms with Crippen molar-refractivity contribution < 1.29 is 9.47 Å². The van der Waals surface area contributed by atoms with Crippen LogP contribution >= 0.6 is 15.9 Å². The highest BCUT2D eigenvalue weighted by atomic mass is 79.9. The molecule has 3 atom stereocenters. The molecule has 1 aliphatic carbocycles. The third-order valence-electron chi connectivity index (χ3n) is 3.96. The number of rotatable bonds is 7. The fourth-order valence-electron chi connectivity index (χ4n) is 2.64. The molecule has 0 spiro atoms. The number of hydrogen-bond acceptors (Lipinski definition) is 2. The molecule has 0 aromatic rings. The fourth-order valence-corrected chi connectivity index (χ4v) is 3.92. The summed E-state index contributed by atoms with van der Waals surface area (Å²) in [6.07, 6.45) is 4.12. The van der Waals surface area contributed by atoms with E-state index in [0.717, 1.165) is 13.0 Å². The lowest BCUT2D eigenvalue weighted by atomic mass is 9.62. The van der Waals surface area contributed by atoms with Gasteiger partial charge in [-0.3, -0.25) is 0 Å². The molecule has 0 aliphatic heterocycles. The molecule has 1 rings (SSSR count). The van der Waals surface area contributed by atoms with Gasteiger partial charge >= 0.3 is 0 Å². The molecule has 1 saturated carbocycles. The minimum Gasteiger partial charge on any atom is -0.379 e. The maximum absolute atomic E-state index is 6.10. The first-order valence-electron chi connectivity index (χ1n) is 6.47. The smallest absolute Gasteiger partial charge is 0.0784 e. The van der Waals surface area contributed by atoms with Crippen LogP contribution in [0.3, 0.4) is 0 Å². The summed E-state index contributed by atoms with van der Waals surface area (Å²) in [5, 5.41) is 0. The minimum absolute atomic E-state index is 0.211. The Morgan fingerprint density at radius 2 is 1.94 bits per heavy atom. The zero-order valence-electron chi connectivity index (χ0n) is 11.0. The highest BCUT2D eigenvalue weighted by Crippen LogP contribution is 2.53. The molecule has 16 heavy (non-hydrogen) atoms. The molecule has 3 heteroatoms. The SMILES string of the molecule is CCOCC(C)OC1CC(Br)C1(CC)CC. The van der Waals surface area contributed by atoms with E-state index in [4.69, 9.17) is 9.47 Å². The van der Waals surface area contributed by atoms with Crippen LogP contribution in [-0.2, 0) is 9.47 Å². The topological polar surface area (TPSA) is 18.5 Å². The Balaban J connectivity index is 2.43. The third kappa shape index (κ3) is 2.80. The van der Waals surface area contributed by atoms with Gasteiger partial charge in [0.1, 0.15) is 0 Å². The van der Waals surface area contributed by atoms with Crippen molar-refractivity contribution in [2.75, 3.05) is 13.2 Å². The standard InChI is InChI=1S/C13H25BrO2/c1-5-13(6-2)11(14)8-12(13)16-10(4)9-15-7-3/h10-12H,5-9H2,1-4H3. The molecule has 0 aromatic heterocycles. The molecule has 1 aliphatic rings. The normalized spacial score (nSPS) is 29.8. The van der Waals surface area contributed by atoms with E-state index in [2.05, 4.69) is 36.7 Å². The molecule has 0 bridgehead atoms. The second kappa shape index (κ2) is 6.36. The van der Waals surface area contributed by atoms with E-state index < -0.39 is 0 Å². The Morgan fingerprint density at radius 1 is 1.31 bits per heavy atom. The van der Waals surface area contributed by atoms with Gasteiger partial charge in [-0.25, -0.2) is 0 Å². The zero-order valence-corrected chi connectivity index (χ0v) is 12.5. The molecule has 0 N–H and O–H groups in total. The van der Waals surface area contributed by atoms with Gasteiger partial charge in [-0.1, -0.05) is 29.8 Å². The summed E-state index contributed by atoms with van der Waals surface area (Å²) >= 11 is 3.78. The van der Waals surface area contributed by atoms with Crippen molar-refractivity contribution in [1.82, 2.24) is 0 Å². The van der Waals surface area contributed by atoms with Crippen molar-refractivity contribution >= 4 is 15.9 Å². The van der Waals surface area contributed by atoms with Crippen molar-refractivity contribution in [2.45, 2.75) is 64.0 Å². The largest absolute Gasteiger partial charge is 0.379 e. The molecular formula is C13H25BrO2. The molecule has 2 nitrogen and oxygen atoms in total. The van der Waals surface area contributed by atoms with Crippen LogP contribution in [0.5, 0.6) is 0 Å². The fraction of sp³-hybridized carbons (Fsp3) is 1.00. The Bertz CT molecular complexity index is 204. The second-order valence-electron chi connectivity index (χ2n) is 4.74. The van der Waals surface area contributed by atoms with Gasteiger partial charge in [0.25, 0.3) is 0 Å². The quantitative estimate of drug-likeness (QED) is 0.665. The van der Waals surface area contributed by atoms with Crippen molar-refractivity contribution in [3.63, 3.8) is 0 Å². The maximum atomic E-state index is 6.10. The first-order chi connectivity index (χ1) is 7.60. The van der Waals surface area contributed by atoms with Crippen molar-refractivity contribution in [1.29, 1.82) is 0 Å². The summed E-state index contributed by atoms with van der Waals surface area (Å²) in [5.41, 5.74) is 0.348. The Morgan fingerprint density at radius 3 is 2.38 bits per heavy atom. The second-order valence-corrected chi connectivity index (χ2v) is 5.84. The lowest BCUT2D eigenvalue weighted by Crippen LogP contribution is -2.56. The molecule has 0 heterocycles. The number of alkyl halides is 1. The van der Waals surface area contributed by atoms with Gasteiger partial charge in [-0.2, -0.15) is 0 Å². The molecule has 1 fully saturated rings. The molecule has 3 unspecified atom stereocenters. The predicted molar refractivity (Wildman–Crippen MR) is 71.2 cm³/mol. The van der Waals surface area contributed by atoms with Crippen LogP contribution in [-0.4, -0.2) is 30.2 Å². The monoisotopic (exact) mass is 292 g/mol. The Kier molecular flexibility index (Phi) is 5.75. The van der Waals surface area contributed by atoms with E-state index in [1.54, 1.807) is 0 Å². The van der Waals surface area contributed by atoms with Crippen LogP contribution in [0.4, 0.5) is 0 Å². The summed E-state index contributed by atoms with van der Waals surface area (Å²) in [7, 11) is 0. The molecule has 96 valence electrons. The summed E-state index contributed by atoms with van der Waals surface area (Å²) in [4.78, 5) is 0.624. The maximum Gasteiger partial charge on any atom is 0.0784 e. The molecule has 0 amide bonds. The average Bonchev–Trinajstić information content (AvgIpc) is 2.27. The summed E-state index contributed by atoms with van der Waals surface area (Å²) in [5.74, 6) is 0. The summed E-state index contributed by atoms with van der Waals surface area (Å²) in [6.45, 7) is 10.1. The van der Waals surface area contributed by atoms with E-state index in [9.17, 15) is 0 Å². The van der Waals surface area contributed by atoms with Gasteiger partial charge in [0, 0.05) is 16.8 Å². The van der Waals surface area contributed by atoms with E-state index in [1.165, 1.54) is 12.8 Å². The van der Waals surface area contributed by atoms with Gasteiger partial charge in [0.15, 0.2) is 0 Å². The number of halogens is 1. The van der Waals surface area contributed by atoms with Gasteiger partial charge in [-0.15, -0.1) is 0 Å². The van der Waals surface area contributed by atoms with E-state index in [0.29, 0.717) is 23.0 Å². The van der Waals surface area contributed by atoms with Crippen LogP contribution in [0, 0.1) is 5.41 Å². The first-order valence-corrected chi connectivity index (χ1v) is 7.39. The van der Waals surface area contributed by atoms with Crippen LogP contribution < -0.4 is 0 Å². The predicted octanol–water partition coefficient (Wildman–Crippen LogP) is 3.77. The van der Waals surface area contributed by atoms with Gasteiger partial charge in [0.2, 0.25) is 0 Å². The van der Waals surface area contributed by atoms with Crippen LogP contribution in [0.1, 0.15) is 47.0 Å². The van der Waals surface area contributed by atoms with E-state index in [1.807, 2.05) is 6.92 Å². The molecule has 0 aromatic carbocycles. The summed E-state index contributed by atoms with van der Waals surface area (Å²) in [6, 6.07) is 0. The number of hydrogen-bond donors (Lipinski definition) is 0. The van der Waals surface area contributed by atoms with Crippen LogP contribution in [0.2, 0.25) is 0 Å². The van der Waals surface area contributed by atoms with Gasteiger partial charge in [0.05, 0.1) is 18.8 Å². The van der Waals surface area contributed by atoms with Crippen LogP contribution in [0.25, 0.3) is 0 Å². The lowest BCUT2D eigenvalue weighted by Gasteiger charge is -2.53. The highest BCUT2D eigenvalue weighted by Gasteiger charge is 2.52. The Hall–Kier alpha value is 0.400. The molecular weight excluding hydrogens is 268 g/mol. The molecule has 0 radical (unpaired) electrons. The zero-order chi connectivity index (χ0) is 12.2. The minimum atomic E-state index is 0.211. The van der Waals surface area contributed by atoms with E-state index >= 15 is 0 Å². The Labute approximate surface area is 108 Å². The van der Waals surface area contributed by atoms with Crippen molar-refractivity contribution in [3.8, 4) is 0 Å². The average molecular weight is 293 g/mol. The number of ether oxygens (including phenoxy) is 2. The lowest BCUT2D eigenvalue weighted by molar-refractivity contribution is -0.148. The first kappa shape index (κ1) is 14.5. The van der Waals surface area contributed by atoms with Crippen LogP contribution in [0.15, 0.2) is 0 Å². The molecule has 0 saturated heterocycles. The summed E-state index contributed by atoms with van der Waals surface area (Å²) < 4.78 is 11.5. The van der Waals surface area contributed by atoms with Gasteiger partial charge < -0.3 is 9.47 Å². The van der Waals surface area contributed by atoms with Crippen molar-refractivity contribution in [3.05, 3.63) is 0 Å². The van der Waals surface area contributed by atoms with Gasteiger partial charge in [-0.05, 0) is 33.1 Å².